The highest BCUT2D eigenvalue weighted by atomic mass is 35.5. The van der Waals surface area contributed by atoms with Crippen LogP contribution >= 0.6 is 68.8 Å². The first-order chi connectivity index (χ1) is 64.9. The average Bonchev–Trinajstić information content (AvgIpc) is 1.66. The summed E-state index contributed by atoms with van der Waals surface area (Å²) in [6, 6.07) is 50.5. The molecular weight excluding hydrogens is 1940 g/mol. The third kappa shape index (κ3) is 24.3. The minimum Gasteiger partial charge on any atom is -0.496 e. The zero-order chi connectivity index (χ0) is 95.1. The summed E-state index contributed by atoms with van der Waals surface area (Å²) < 4.78 is 151. The molecule has 8 aromatic carbocycles. The Morgan fingerprint density at radius 1 is 0.481 bits per heavy atom. The number of sulfonamides is 4. The highest BCUT2D eigenvalue weighted by Gasteiger charge is 2.32. The number of carbonyl (C=O) groups excluding carboxylic acids is 4. The molecule has 4 amide bonds. The molecule has 10 heterocycles. The van der Waals surface area contributed by atoms with Gasteiger partial charge in [-0.15, -0.1) is 34.0 Å². The highest BCUT2D eigenvalue weighted by Crippen LogP contribution is 2.34. The van der Waals surface area contributed by atoms with Gasteiger partial charge in [0, 0.05) is 204 Å². The van der Waals surface area contributed by atoms with Crippen molar-refractivity contribution in [3.05, 3.63) is 280 Å². The lowest BCUT2D eigenvalue weighted by molar-refractivity contribution is -0.134. The van der Waals surface area contributed by atoms with Gasteiger partial charge >= 0.3 is 6.03 Å². The van der Waals surface area contributed by atoms with Gasteiger partial charge in [0.2, 0.25) is 5.91 Å². The predicted molar refractivity (Wildman–Crippen MR) is 533 cm³/mol. The van der Waals surface area contributed by atoms with Crippen LogP contribution in [0.5, 0.6) is 11.5 Å². The summed E-state index contributed by atoms with van der Waals surface area (Å²) in [6.45, 7) is 10.2. The molecular formula is C90H100Cl3F2N19O14S7. The van der Waals surface area contributed by atoms with Gasteiger partial charge in [0.1, 0.15) is 41.3 Å². The third-order valence-corrected chi connectivity index (χ3v) is 31.0. The zero-order valence-electron chi connectivity index (χ0n) is 72.1. The smallest absolute Gasteiger partial charge is 0.328 e. The number of nitrogens with zero attached hydrogens (tertiary/aromatic N) is 14. The molecule has 4 fully saturated rings. The largest absolute Gasteiger partial charge is 0.496 e. The second-order valence-corrected chi connectivity index (χ2v) is 41.5. The van der Waals surface area contributed by atoms with E-state index < -0.39 is 45.9 Å². The molecule has 0 spiro atoms. The molecule has 0 aliphatic carbocycles. The molecule has 6 aromatic heterocycles. The maximum absolute atomic E-state index is 14.0. The Bertz CT molecular complexity index is 7010. The summed E-state index contributed by atoms with van der Waals surface area (Å²) in [4.78, 5) is 85.4. The molecule has 4 aliphatic rings. The monoisotopic (exact) mass is 2040 g/mol. The number of hydrogen-bond acceptors (Lipinski definition) is 26. The molecule has 0 saturated carbocycles. The number of rotatable bonds is 24. The van der Waals surface area contributed by atoms with E-state index in [9.17, 15) is 61.6 Å². The van der Waals surface area contributed by atoms with Gasteiger partial charge in [-0.3, -0.25) is 37.8 Å². The van der Waals surface area contributed by atoms with Gasteiger partial charge in [-0.1, -0.05) is 46.9 Å². The van der Waals surface area contributed by atoms with Crippen LogP contribution in [-0.4, -0.2) is 218 Å². The van der Waals surface area contributed by atoms with Crippen molar-refractivity contribution in [1.82, 2.24) is 54.1 Å². The zero-order valence-corrected chi connectivity index (χ0v) is 80.1. The van der Waals surface area contributed by atoms with E-state index >= 15 is 0 Å². The summed E-state index contributed by atoms with van der Waals surface area (Å²) in [5.41, 5.74) is 5.55. The first-order valence-corrected chi connectivity index (χ1v) is 51.7. The van der Waals surface area contributed by atoms with E-state index in [-0.39, 0.29) is 87.2 Å². The minimum absolute atomic E-state index is 0. The normalized spacial score (nSPS) is 14.7. The van der Waals surface area contributed by atoms with E-state index in [1.807, 2.05) is 46.9 Å². The fourth-order valence-electron chi connectivity index (χ4n) is 15.3. The van der Waals surface area contributed by atoms with Gasteiger partial charge in [0.15, 0.2) is 22.0 Å². The lowest BCUT2D eigenvalue weighted by atomic mass is 10.0. The number of carbonyl (C=O) groups is 4. The van der Waals surface area contributed by atoms with Crippen LogP contribution in [0.3, 0.4) is 0 Å². The van der Waals surface area contributed by atoms with Crippen LogP contribution in [0.15, 0.2) is 267 Å². The molecule has 14 aromatic rings. The average molecular weight is 2040 g/mol. The van der Waals surface area contributed by atoms with Crippen molar-refractivity contribution < 1.29 is 79.7 Å². The fraction of sp³-hybridized carbons (Fsp3) is 0.233. The van der Waals surface area contributed by atoms with Crippen molar-refractivity contribution >= 4 is 198 Å². The standard InChI is InChI=1S/C24H24ClN5O3S2.C23H21FN6O3S.C22H22ClFN4O4S2.C21H21ClN4O4S2.6H2/c1-17(30-10-8-18-2-3-19(25)16-22(18)30)23(31)29-13-11-28(12-14-29)20-4-6-21(7-5-20)35(32,33)27-24-26-9-15-34-24;24-20-2-1-3-21-19(20)9-11-30(21)23(31)29-14-12-28(13-15-29)17-4-6-18(7-5-17)34(32,33)27-22-8-10-25-16-26-22;23-19-13-17(3-6-20(19)24)32-14-21(29)26-15-7-10-28(11-8-15)16-1-4-18(5-2-16)34(30,31)27-22-25-9-12-33-22;1-30-19-14-15(22)2-7-18(19)20(27)26-11-9-25(10-12-26)16-3-5-17(6-4-16)32(28,29)24-21-23-8-13-31-21;;;;;;/h2-10,15-17H,11-14H2,1H3,(H,26,27);1-11,16H,12-15H2,(H,25,26,27);1-6,9,12-13,15H,7-8,10-11,14H2,(H,25,27)(H,26,29);2-8,13-14H,9-12H2,1H3,(H,23,24);6*1H/t17-;;;;;;;;;/m0........./s1. The van der Waals surface area contributed by atoms with E-state index in [2.05, 4.69) is 68.7 Å². The summed E-state index contributed by atoms with van der Waals surface area (Å²) in [6.07, 6.45) is 12.3. The molecule has 1 atom stereocenters. The van der Waals surface area contributed by atoms with Gasteiger partial charge in [-0.05, 0) is 195 Å². The van der Waals surface area contributed by atoms with E-state index in [0.717, 1.165) is 46.5 Å². The number of ether oxygens (including phenoxy) is 2. The Labute approximate surface area is 813 Å². The molecule has 716 valence electrons. The number of aromatic nitrogens is 7. The van der Waals surface area contributed by atoms with Gasteiger partial charge in [-0.25, -0.2) is 72.2 Å². The van der Waals surface area contributed by atoms with E-state index in [1.165, 1.54) is 107 Å². The molecule has 4 aliphatic heterocycles. The van der Waals surface area contributed by atoms with Crippen molar-refractivity contribution in [3.8, 4) is 11.5 Å². The van der Waals surface area contributed by atoms with Gasteiger partial charge < -0.3 is 53.7 Å². The van der Waals surface area contributed by atoms with Crippen LogP contribution in [0.2, 0.25) is 15.1 Å². The number of fused-ring (bicyclic) bond motifs is 2. The molecule has 0 radical (unpaired) electrons. The highest BCUT2D eigenvalue weighted by molar-refractivity contribution is 7.93. The quantitative estimate of drug-likeness (QED) is 0.0375. The number of piperidine rings is 1. The first kappa shape index (κ1) is 96.8. The number of anilines is 8. The van der Waals surface area contributed by atoms with Crippen LogP contribution in [0, 0.1) is 11.6 Å². The second-order valence-electron chi connectivity index (χ2n) is 30.9. The van der Waals surface area contributed by atoms with Crippen molar-refractivity contribution in [1.29, 1.82) is 0 Å². The maximum Gasteiger partial charge on any atom is 0.328 e. The van der Waals surface area contributed by atoms with Crippen LogP contribution < -0.4 is 53.3 Å². The number of benzene rings is 8. The van der Waals surface area contributed by atoms with E-state index in [0.29, 0.717) is 145 Å². The Balaban J connectivity index is 0.000000207. The van der Waals surface area contributed by atoms with Crippen molar-refractivity contribution in [2.45, 2.75) is 51.4 Å². The van der Waals surface area contributed by atoms with Gasteiger partial charge in [-0.2, -0.15) is 0 Å². The number of amides is 4. The third-order valence-electron chi connectivity index (χ3n) is 22.4. The maximum atomic E-state index is 14.0. The first-order valence-electron chi connectivity index (χ1n) is 42.0. The lowest BCUT2D eigenvalue weighted by Crippen LogP contribution is -2.50. The van der Waals surface area contributed by atoms with Crippen LogP contribution in [0.1, 0.15) is 44.7 Å². The van der Waals surface area contributed by atoms with Gasteiger partial charge in [0.05, 0.1) is 48.3 Å². The summed E-state index contributed by atoms with van der Waals surface area (Å²) in [7, 11) is -13.3. The Kier molecular flexibility index (Phi) is 31.0. The molecule has 33 nitrogen and oxygen atoms in total. The summed E-state index contributed by atoms with van der Waals surface area (Å²) in [5, 5.41) is 11.6. The molecule has 5 N–H and O–H groups in total. The number of piperazine rings is 3. The summed E-state index contributed by atoms with van der Waals surface area (Å²) >= 11 is 21.5. The Morgan fingerprint density at radius 2 is 0.956 bits per heavy atom. The van der Waals surface area contributed by atoms with Gasteiger partial charge in [0.25, 0.3) is 51.9 Å². The van der Waals surface area contributed by atoms with Crippen molar-refractivity contribution in [2.24, 2.45) is 0 Å². The van der Waals surface area contributed by atoms with E-state index in [1.54, 1.807) is 166 Å². The topological polar surface area (TPSA) is 380 Å². The molecule has 0 bridgehead atoms. The SMILES string of the molecule is COc1cc(Cl)ccc1C(=O)N1CCN(c2ccc(S(=O)(=O)Nc3nccs3)cc2)CC1.C[C@@H](C(=O)N1CCN(c2ccc(S(=O)(=O)Nc3nccs3)cc2)CC1)n1ccc2ccc(Cl)cc21.O=C(COc1ccc(F)c(Cl)c1)NC1CCN(c2ccc(S(=O)(=O)Nc3nccs3)cc2)CC1.O=C(N1CCN(c2ccc(S(=O)(=O)Nc3ccncn3)cc2)CC1)n1ccc2c(F)cccc21.[HH].[HH].[HH].[HH].[HH].[HH]. The number of thiazole rings is 3. The molecule has 45 heteroatoms. The molecule has 4 saturated heterocycles. The predicted octanol–water partition coefficient (Wildman–Crippen LogP) is 16.6. The number of nitrogens with one attached hydrogen (secondary N) is 5. The van der Waals surface area contributed by atoms with E-state index in [4.69, 9.17) is 44.3 Å². The second kappa shape index (κ2) is 43.3. The number of methoxy groups -OCH3 is 1. The van der Waals surface area contributed by atoms with Crippen molar-refractivity contribution in [3.63, 3.8) is 0 Å². The van der Waals surface area contributed by atoms with Crippen molar-refractivity contribution in [2.75, 3.05) is 144 Å². The van der Waals surface area contributed by atoms with Crippen LogP contribution in [0.4, 0.5) is 57.5 Å². The minimum atomic E-state index is -3.77. The lowest BCUT2D eigenvalue weighted by Gasteiger charge is -2.37. The molecule has 18 rings (SSSR count). The molecule has 0 unspecified atom stereocenters. The number of hydrogen-bond donors (Lipinski definition) is 5. The Hall–Kier alpha value is -12.8. The van der Waals surface area contributed by atoms with Crippen LogP contribution in [-0.2, 0) is 49.7 Å². The number of halogens is 5. The summed E-state index contributed by atoms with van der Waals surface area (Å²) in [5.74, 6) is -0.235. The fourth-order valence-corrected chi connectivity index (χ4v) is 22.2. The van der Waals surface area contributed by atoms with Crippen LogP contribution in [0.25, 0.3) is 21.8 Å². The Morgan fingerprint density at radius 3 is 1.43 bits per heavy atom. The molecule has 135 heavy (non-hydrogen) atoms.